The summed E-state index contributed by atoms with van der Waals surface area (Å²) in [7, 11) is 0. The Bertz CT molecular complexity index is 209. The lowest BCUT2D eigenvalue weighted by atomic mass is 10.2. The summed E-state index contributed by atoms with van der Waals surface area (Å²) in [4.78, 5) is 0. The van der Waals surface area contributed by atoms with E-state index in [0.29, 0.717) is 5.56 Å². The van der Waals surface area contributed by atoms with Crippen LogP contribution in [0.4, 0.5) is 0 Å². The van der Waals surface area contributed by atoms with Crippen molar-refractivity contribution in [1.82, 2.24) is 0 Å². The van der Waals surface area contributed by atoms with E-state index in [1.807, 2.05) is 0 Å². The summed E-state index contributed by atoms with van der Waals surface area (Å²) in [5.41, 5.74) is 0.498. The van der Waals surface area contributed by atoms with E-state index in [-0.39, 0.29) is 0 Å². The quantitative estimate of drug-likeness (QED) is 0.563. The molecule has 0 aliphatic heterocycles. The molecule has 0 saturated heterocycles. The van der Waals surface area contributed by atoms with Crippen LogP contribution in [0.3, 0.4) is 0 Å². The van der Waals surface area contributed by atoms with E-state index in [2.05, 4.69) is 4.42 Å². The van der Waals surface area contributed by atoms with Gasteiger partial charge in [0.15, 0.2) is 6.10 Å². The largest absolute Gasteiger partial charge is 0.472 e. The van der Waals surface area contributed by atoms with Gasteiger partial charge in [-0.2, -0.15) is 5.26 Å². The maximum atomic E-state index is 8.80. The van der Waals surface area contributed by atoms with E-state index in [4.69, 9.17) is 10.4 Å². The van der Waals surface area contributed by atoms with Crippen LogP contribution in [0.1, 0.15) is 11.7 Å². The molecule has 0 amide bonds. The number of furan rings is 1. The molecule has 0 spiro atoms. The fraction of sp³-hybridized carbons (Fsp3) is 0.167. The lowest BCUT2D eigenvalue weighted by Gasteiger charge is -1.91. The molecule has 1 N–H and O–H groups in total. The fourth-order valence-corrected chi connectivity index (χ4v) is 0.505. The van der Waals surface area contributed by atoms with E-state index < -0.39 is 6.10 Å². The van der Waals surface area contributed by atoms with Crippen LogP contribution in [-0.2, 0) is 0 Å². The van der Waals surface area contributed by atoms with Gasteiger partial charge in [-0.15, -0.1) is 0 Å². The molecule has 0 aliphatic rings. The van der Waals surface area contributed by atoms with Crippen LogP contribution in [0.5, 0.6) is 0 Å². The van der Waals surface area contributed by atoms with E-state index >= 15 is 0 Å². The van der Waals surface area contributed by atoms with Crippen molar-refractivity contribution in [1.29, 1.82) is 5.26 Å². The van der Waals surface area contributed by atoms with Crippen LogP contribution in [-0.4, -0.2) is 5.11 Å². The zero-order chi connectivity index (χ0) is 6.69. The smallest absolute Gasteiger partial charge is 0.168 e. The minimum absolute atomic E-state index is 0.498. The number of rotatable bonds is 1. The highest BCUT2D eigenvalue weighted by molar-refractivity contribution is 5.14. The Hall–Kier alpha value is -1.27. The van der Waals surface area contributed by atoms with Crippen LogP contribution >= 0.6 is 0 Å². The van der Waals surface area contributed by atoms with Gasteiger partial charge >= 0.3 is 0 Å². The van der Waals surface area contributed by atoms with Crippen molar-refractivity contribution in [2.45, 2.75) is 6.10 Å². The monoisotopic (exact) mass is 123 g/mol. The summed E-state index contributed by atoms with van der Waals surface area (Å²) in [6, 6.07) is 3.21. The molecule has 1 rings (SSSR count). The number of aliphatic hydroxyl groups excluding tert-OH is 1. The molecular formula is C6H5NO2. The van der Waals surface area contributed by atoms with Gasteiger partial charge in [0.25, 0.3) is 0 Å². The summed E-state index contributed by atoms with van der Waals surface area (Å²) < 4.78 is 4.63. The molecule has 1 aromatic rings. The molecule has 0 saturated carbocycles. The van der Waals surface area contributed by atoms with Gasteiger partial charge in [-0.05, 0) is 6.07 Å². The van der Waals surface area contributed by atoms with Crippen molar-refractivity contribution >= 4 is 0 Å². The Morgan fingerprint density at radius 1 is 1.78 bits per heavy atom. The first-order valence-corrected chi connectivity index (χ1v) is 2.44. The first-order chi connectivity index (χ1) is 4.34. The highest BCUT2D eigenvalue weighted by Gasteiger charge is 2.04. The zero-order valence-corrected chi connectivity index (χ0v) is 4.61. The van der Waals surface area contributed by atoms with Gasteiger partial charge in [0.1, 0.15) is 0 Å². The molecule has 0 bridgehead atoms. The Labute approximate surface area is 52.1 Å². The molecule has 0 aromatic carbocycles. The van der Waals surface area contributed by atoms with E-state index in [0.717, 1.165) is 0 Å². The molecule has 1 heterocycles. The molecule has 0 aliphatic carbocycles. The topological polar surface area (TPSA) is 57.2 Å². The Kier molecular flexibility index (Phi) is 1.52. The van der Waals surface area contributed by atoms with Gasteiger partial charge in [0.2, 0.25) is 0 Å². The number of hydrogen-bond donors (Lipinski definition) is 1. The van der Waals surface area contributed by atoms with Crippen molar-refractivity contribution in [2.75, 3.05) is 0 Å². The maximum Gasteiger partial charge on any atom is 0.168 e. The molecule has 1 atom stereocenters. The van der Waals surface area contributed by atoms with E-state index in [1.165, 1.54) is 12.5 Å². The summed E-state index contributed by atoms with van der Waals surface area (Å²) in [5, 5.41) is 17.0. The molecule has 3 heteroatoms. The average molecular weight is 123 g/mol. The lowest BCUT2D eigenvalue weighted by molar-refractivity contribution is 0.235. The van der Waals surface area contributed by atoms with E-state index in [1.54, 1.807) is 12.1 Å². The second-order valence-corrected chi connectivity index (χ2v) is 1.59. The second kappa shape index (κ2) is 2.33. The molecule has 1 aromatic heterocycles. The Morgan fingerprint density at radius 3 is 3.00 bits per heavy atom. The summed E-state index contributed by atoms with van der Waals surface area (Å²) in [6.07, 6.45) is 1.70. The molecule has 46 valence electrons. The second-order valence-electron chi connectivity index (χ2n) is 1.59. The van der Waals surface area contributed by atoms with Gasteiger partial charge in [0, 0.05) is 5.56 Å². The summed E-state index contributed by atoms with van der Waals surface area (Å²) >= 11 is 0. The van der Waals surface area contributed by atoms with Crippen LogP contribution in [0.25, 0.3) is 0 Å². The van der Waals surface area contributed by atoms with Crippen LogP contribution in [0, 0.1) is 11.3 Å². The number of nitriles is 1. The van der Waals surface area contributed by atoms with Crippen molar-refractivity contribution < 1.29 is 9.52 Å². The minimum atomic E-state index is -1.05. The zero-order valence-electron chi connectivity index (χ0n) is 4.61. The predicted molar refractivity (Wildman–Crippen MR) is 29.3 cm³/mol. The highest BCUT2D eigenvalue weighted by atomic mass is 16.3. The standard InChI is InChI=1S/C6H5NO2/c7-3-6(8)5-1-2-9-4-5/h1-2,4,6,8H/t6-/m0/s1. The Balaban J connectivity index is 2.80. The van der Waals surface area contributed by atoms with Crippen molar-refractivity contribution in [3.63, 3.8) is 0 Å². The number of hydrogen-bond acceptors (Lipinski definition) is 3. The van der Waals surface area contributed by atoms with Gasteiger partial charge < -0.3 is 9.52 Å². The summed E-state index contributed by atoms with van der Waals surface area (Å²) in [5.74, 6) is 0. The average Bonchev–Trinajstić information content (AvgIpc) is 2.37. The van der Waals surface area contributed by atoms with Crippen molar-refractivity contribution in [3.05, 3.63) is 24.2 Å². The minimum Gasteiger partial charge on any atom is -0.472 e. The fourth-order valence-electron chi connectivity index (χ4n) is 0.505. The first kappa shape index (κ1) is 5.86. The van der Waals surface area contributed by atoms with Gasteiger partial charge in [-0.25, -0.2) is 0 Å². The van der Waals surface area contributed by atoms with Crippen molar-refractivity contribution in [3.8, 4) is 6.07 Å². The lowest BCUT2D eigenvalue weighted by Crippen LogP contribution is -1.88. The maximum absolute atomic E-state index is 8.80. The number of nitrogens with zero attached hydrogens (tertiary/aromatic N) is 1. The molecule has 0 fully saturated rings. The summed E-state index contributed by atoms with van der Waals surface area (Å²) in [6.45, 7) is 0. The predicted octanol–water partition coefficient (Wildman–Crippen LogP) is 0.837. The third-order valence-corrected chi connectivity index (χ3v) is 0.981. The highest BCUT2D eigenvalue weighted by Crippen LogP contribution is 2.10. The van der Waals surface area contributed by atoms with Gasteiger partial charge in [-0.3, -0.25) is 0 Å². The Morgan fingerprint density at radius 2 is 2.56 bits per heavy atom. The van der Waals surface area contributed by atoms with Gasteiger partial charge in [-0.1, -0.05) is 0 Å². The SMILES string of the molecule is N#C[C@H](O)c1ccoc1. The molecule has 3 nitrogen and oxygen atoms in total. The number of aliphatic hydroxyl groups is 1. The molecular weight excluding hydrogens is 118 g/mol. The van der Waals surface area contributed by atoms with Gasteiger partial charge in [0.05, 0.1) is 18.6 Å². The van der Waals surface area contributed by atoms with Crippen molar-refractivity contribution in [2.24, 2.45) is 0 Å². The third-order valence-electron chi connectivity index (χ3n) is 0.981. The first-order valence-electron chi connectivity index (χ1n) is 2.44. The third kappa shape index (κ3) is 1.09. The van der Waals surface area contributed by atoms with Crippen LogP contribution < -0.4 is 0 Å². The van der Waals surface area contributed by atoms with Crippen LogP contribution in [0.15, 0.2) is 23.0 Å². The normalized spacial score (nSPS) is 12.4. The van der Waals surface area contributed by atoms with E-state index in [9.17, 15) is 0 Å². The molecule has 0 radical (unpaired) electrons. The van der Waals surface area contributed by atoms with Crippen LogP contribution in [0.2, 0.25) is 0 Å². The molecule has 0 unspecified atom stereocenters. The molecule has 9 heavy (non-hydrogen) atoms.